The van der Waals surface area contributed by atoms with Crippen molar-refractivity contribution in [3.63, 3.8) is 0 Å². The van der Waals surface area contributed by atoms with Crippen LogP contribution in [0, 0.1) is 5.82 Å². The van der Waals surface area contributed by atoms with Crippen molar-refractivity contribution in [2.45, 2.75) is 19.0 Å². The number of rotatable bonds is 7. The zero-order valence-corrected chi connectivity index (χ0v) is 16.3. The highest BCUT2D eigenvalue weighted by atomic mass is 19.1. The monoisotopic (exact) mass is 405 g/mol. The number of ether oxygens (including phenoxy) is 1. The fraction of sp³-hybridized carbons (Fsp3) is 0.182. The number of nitrogens with one attached hydrogen (secondary N) is 1. The first-order valence-electron chi connectivity index (χ1n) is 9.46. The topological polar surface area (TPSA) is 81.4 Å². The summed E-state index contributed by atoms with van der Waals surface area (Å²) < 4.78 is 19.8. The van der Waals surface area contributed by atoms with Crippen LogP contribution < -0.4 is 5.32 Å². The standard InChI is InChI=1S/C22H20FN5O2/c1-30-22(29)20(11-15-5-3-2-4-6-15)24-13-17-12-18(14-28-21(17)25-26-27-28)16-7-9-19(23)10-8-16/h2-10,12,14,20,24H,11,13H2,1H3/t20-/m1/s1. The van der Waals surface area contributed by atoms with E-state index in [1.54, 1.807) is 22.8 Å². The molecule has 4 aromatic rings. The summed E-state index contributed by atoms with van der Waals surface area (Å²) in [6, 6.07) is 17.3. The van der Waals surface area contributed by atoms with Crippen molar-refractivity contribution >= 4 is 11.6 Å². The molecule has 152 valence electrons. The average molecular weight is 405 g/mol. The lowest BCUT2D eigenvalue weighted by Crippen LogP contribution is -2.39. The summed E-state index contributed by atoms with van der Waals surface area (Å²) in [5, 5.41) is 15.1. The molecule has 0 fully saturated rings. The number of fused-ring (bicyclic) bond motifs is 1. The molecule has 0 radical (unpaired) electrons. The normalized spacial score (nSPS) is 12.1. The highest BCUT2D eigenvalue weighted by Gasteiger charge is 2.20. The average Bonchev–Trinajstić information content (AvgIpc) is 3.26. The van der Waals surface area contributed by atoms with Crippen molar-refractivity contribution in [3.05, 3.63) is 83.8 Å². The number of benzene rings is 2. The number of tetrazole rings is 1. The number of hydrogen-bond donors (Lipinski definition) is 1. The van der Waals surface area contributed by atoms with Crippen molar-refractivity contribution < 1.29 is 13.9 Å². The van der Waals surface area contributed by atoms with Gasteiger partial charge in [-0.15, -0.1) is 5.10 Å². The number of halogens is 1. The second-order valence-electron chi connectivity index (χ2n) is 6.85. The predicted molar refractivity (Wildman–Crippen MR) is 109 cm³/mol. The van der Waals surface area contributed by atoms with Gasteiger partial charge >= 0.3 is 5.97 Å². The number of carbonyl (C=O) groups excluding carboxylic acids is 1. The van der Waals surface area contributed by atoms with Crippen LogP contribution in [-0.2, 0) is 22.5 Å². The molecule has 0 aliphatic heterocycles. The molecule has 0 aliphatic carbocycles. The van der Waals surface area contributed by atoms with Gasteiger partial charge in [-0.3, -0.25) is 10.1 Å². The Kier molecular flexibility index (Phi) is 5.76. The van der Waals surface area contributed by atoms with E-state index in [9.17, 15) is 9.18 Å². The Morgan fingerprint density at radius 1 is 1.13 bits per heavy atom. The van der Waals surface area contributed by atoms with Crippen LogP contribution >= 0.6 is 0 Å². The molecule has 1 N–H and O–H groups in total. The van der Waals surface area contributed by atoms with E-state index < -0.39 is 6.04 Å². The van der Waals surface area contributed by atoms with Gasteiger partial charge in [0.1, 0.15) is 11.9 Å². The van der Waals surface area contributed by atoms with Crippen molar-refractivity contribution in [2.75, 3.05) is 7.11 Å². The molecular formula is C22H20FN5O2. The van der Waals surface area contributed by atoms with Gasteiger partial charge in [0, 0.05) is 23.9 Å². The predicted octanol–water partition coefficient (Wildman–Crippen LogP) is 2.80. The summed E-state index contributed by atoms with van der Waals surface area (Å²) in [6.45, 7) is 0.353. The lowest BCUT2D eigenvalue weighted by Gasteiger charge is -2.17. The third-order valence-corrected chi connectivity index (χ3v) is 4.86. The van der Waals surface area contributed by atoms with Crippen LogP contribution in [0.1, 0.15) is 11.1 Å². The smallest absolute Gasteiger partial charge is 0.323 e. The lowest BCUT2D eigenvalue weighted by molar-refractivity contribution is -0.143. The zero-order valence-electron chi connectivity index (χ0n) is 16.3. The summed E-state index contributed by atoms with van der Waals surface area (Å²) in [7, 11) is 1.37. The summed E-state index contributed by atoms with van der Waals surface area (Å²) in [6.07, 6.45) is 2.28. The molecule has 0 saturated carbocycles. The van der Waals surface area contributed by atoms with Gasteiger partial charge in [0.25, 0.3) is 0 Å². The van der Waals surface area contributed by atoms with Gasteiger partial charge in [-0.25, -0.2) is 4.39 Å². The second-order valence-corrected chi connectivity index (χ2v) is 6.85. The number of esters is 1. The quantitative estimate of drug-likeness (QED) is 0.476. The maximum atomic E-state index is 13.3. The zero-order chi connectivity index (χ0) is 20.9. The van der Waals surface area contributed by atoms with Crippen LogP contribution in [0.25, 0.3) is 16.8 Å². The van der Waals surface area contributed by atoms with E-state index in [4.69, 9.17) is 4.74 Å². The van der Waals surface area contributed by atoms with Gasteiger partial charge in [-0.1, -0.05) is 42.5 Å². The number of hydrogen-bond acceptors (Lipinski definition) is 6. The second kappa shape index (κ2) is 8.79. The molecule has 2 aromatic heterocycles. The molecule has 1 atom stereocenters. The maximum Gasteiger partial charge on any atom is 0.323 e. The van der Waals surface area contributed by atoms with Crippen LogP contribution in [0.4, 0.5) is 4.39 Å². The van der Waals surface area contributed by atoms with E-state index in [0.717, 1.165) is 22.3 Å². The minimum atomic E-state index is -0.525. The molecule has 0 unspecified atom stereocenters. The van der Waals surface area contributed by atoms with Crippen LogP contribution in [0.5, 0.6) is 0 Å². The first-order valence-corrected chi connectivity index (χ1v) is 9.46. The number of pyridine rings is 1. The first kappa shape index (κ1) is 19.7. The molecule has 2 aromatic carbocycles. The number of nitrogens with zero attached hydrogens (tertiary/aromatic N) is 4. The highest BCUT2D eigenvalue weighted by molar-refractivity contribution is 5.76. The van der Waals surface area contributed by atoms with E-state index in [2.05, 4.69) is 20.8 Å². The first-order chi connectivity index (χ1) is 14.6. The molecule has 30 heavy (non-hydrogen) atoms. The number of aromatic nitrogens is 4. The summed E-state index contributed by atoms with van der Waals surface area (Å²) in [5.41, 5.74) is 4.09. The SMILES string of the molecule is COC(=O)[C@@H](Cc1ccccc1)NCc1cc(-c2ccc(F)cc2)cn2nnnc12. The van der Waals surface area contributed by atoms with Crippen LogP contribution in [-0.4, -0.2) is 39.2 Å². The largest absolute Gasteiger partial charge is 0.468 e. The Balaban J connectivity index is 1.60. The van der Waals surface area contributed by atoms with Gasteiger partial charge in [0.2, 0.25) is 0 Å². The Bertz CT molecular complexity index is 1150. The molecule has 0 saturated heterocycles. The van der Waals surface area contributed by atoms with Crippen molar-refractivity contribution in [3.8, 4) is 11.1 Å². The number of methoxy groups -OCH3 is 1. The van der Waals surface area contributed by atoms with Crippen molar-refractivity contribution in [2.24, 2.45) is 0 Å². The number of carbonyl (C=O) groups is 1. The lowest BCUT2D eigenvalue weighted by atomic mass is 10.0. The van der Waals surface area contributed by atoms with Crippen LogP contribution in [0.15, 0.2) is 66.9 Å². The van der Waals surface area contributed by atoms with E-state index >= 15 is 0 Å². The van der Waals surface area contributed by atoms with E-state index in [0.29, 0.717) is 18.6 Å². The molecule has 0 amide bonds. The summed E-state index contributed by atoms with van der Waals surface area (Å²) in [5.74, 6) is -0.643. The van der Waals surface area contributed by atoms with E-state index in [1.807, 2.05) is 36.4 Å². The van der Waals surface area contributed by atoms with E-state index in [1.165, 1.54) is 19.2 Å². The third-order valence-electron chi connectivity index (χ3n) is 4.86. The molecule has 8 heteroatoms. The third kappa shape index (κ3) is 4.33. The van der Waals surface area contributed by atoms with Gasteiger partial charge in [-0.05, 0) is 46.2 Å². The van der Waals surface area contributed by atoms with Gasteiger partial charge in [0.15, 0.2) is 5.65 Å². The molecule has 0 bridgehead atoms. The Morgan fingerprint density at radius 3 is 2.63 bits per heavy atom. The Morgan fingerprint density at radius 2 is 1.90 bits per heavy atom. The van der Waals surface area contributed by atoms with Gasteiger partial charge in [0.05, 0.1) is 7.11 Å². The van der Waals surface area contributed by atoms with Crippen LogP contribution in [0.2, 0.25) is 0 Å². The Hall–Kier alpha value is -3.65. The minimum absolute atomic E-state index is 0.300. The highest BCUT2D eigenvalue weighted by Crippen LogP contribution is 2.22. The van der Waals surface area contributed by atoms with Gasteiger partial charge < -0.3 is 4.74 Å². The molecule has 2 heterocycles. The molecule has 4 rings (SSSR count). The summed E-state index contributed by atoms with van der Waals surface area (Å²) in [4.78, 5) is 12.3. The van der Waals surface area contributed by atoms with Crippen LogP contribution in [0.3, 0.4) is 0 Å². The van der Waals surface area contributed by atoms with E-state index in [-0.39, 0.29) is 11.8 Å². The van der Waals surface area contributed by atoms with Crippen molar-refractivity contribution in [1.29, 1.82) is 0 Å². The Labute approximate surface area is 172 Å². The molecule has 0 aliphatic rings. The molecule has 0 spiro atoms. The molecular weight excluding hydrogens is 385 g/mol. The summed E-state index contributed by atoms with van der Waals surface area (Å²) >= 11 is 0. The fourth-order valence-corrected chi connectivity index (χ4v) is 3.31. The molecule has 7 nitrogen and oxygen atoms in total. The van der Waals surface area contributed by atoms with Gasteiger partial charge in [-0.2, -0.15) is 4.52 Å². The minimum Gasteiger partial charge on any atom is -0.468 e. The fourth-order valence-electron chi connectivity index (χ4n) is 3.31. The van der Waals surface area contributed by atoms with Crippen molar-refractivity contribution in [1.82, 2.24) is 25.4 Å². The maximum absolute atomic E-state index is 13.3.